The number of aryl methyl sites for hydroxylation is 1. The van der Waals surface area contributed by atoms with Gasteiger partial charge in [-0.1, -0.05) is 6.08 Å². The Bertz CT molecular complexity index is 401. The van der Waals surface area contributed by atoms with Gasteiger partial charge in [-0.3, -0.25) is 9.48 Å². The summed E-state index contributed by atoms with van der Waals surface area (Å²) in [5, 5.41) is 6.79. The number of nitrogen functional groups attached to an aromatic ring is 1. The van der Waals surface area contributed by atoms with Crippen molar-refractivity contribution < 1.29 is 9.53 Å². The molecule has 0 aromatic carbocycles. The predicted octanol–water partition coefficient (Wildman–Crippen LogP) is 0.808. The summed E-state index contributed by atoms with van der Waals surface area (Å²) < 4.78 is 6.90. The second kappa shape index (κ2) is 7.50. The van der Waals surface area contributed by atoms with E-state index in [1.54, 1.807) is 17.0 Å². The number of rotatable bonds is 8. The zero-order chi connectivity index (χ0) is 13.4. The first-order valence-electron chi connectivity index (χ1n) is 5.98. The highest BCUT2D eigenvalue weighted by molar-refractivity contribution is 5.96. The Morgan fingerprint density at radius 3 is 3.06 bits per heavy atom. The molecule has 1 rings (SSSR count). The summed E-state index contributed by atoms with van der Waals surface area (Å²) in [4.78, 5) is 11.7. The first-order valence-corrected chi connectivity index (χ1v) is 5.98. The van der Waals surface area contributed by atoms with E-state index in [0.717, 1.165) is 6.42 Å². The standard InChI is InChI=1S/C12H20N4O2/c1-3-5-7-18-8-6-14-12(17)11-10(13)9-16(4-2)15-11/h3,9H,1,4-8,13H2,2H3,(H,14,17). The molecule has 3 N–H and O–H groups in total. The summed E-state index contributed by atoms with van der Waals surface area (Å²) >= 11 is 0. The zero-order valence-electron chi connectivity index (χ0n) is 10.7. The highest BCUT2D eigenvalue weighted by atomic mass is 16.5. The quantitative estimate of drug-likeness (QED) is 0.530. The molecule has 0 unspecified atom stereocenters. The van der Waals surface area contributed by atoms with Crippen molar-refractivity contribution in [3.05, 3.63) is 24.5 Å². The van der Waals surface area contributed by atoms with Gasteiger partial charge in [0.15, 0.2) is 5.69 Å². The summed E-state index contributed by atoms with van der Waals surface area (Å²) in [7, 11) is 0. The van der Waals surface area contributed by atoms with Gasteiger partial charge in [-0.25, -0.2) is 0 Å². The summed E-state index contributed by atoms with van der Waals surface area (Å²) in [5.41, 5.74) is 6.36. The van der Waals surface area contributed by atoms with Crippen LogP contribution in [0, 0.1) is 0 Å². The van der Waals surface area contributed by atoms with Crippen LogP contribution in [0.1, 0.15) is 23.8 Å². The number of nitrogens with one attached hydrogen (secondary N) is 1. The normalized spacial score (nSPS) is 10.3. The van der Waals surface area contributed by atoms with Gasteiger partial charge >= 0.3 is 0 Å². The molecule has 1 aromatic heterocycles. The Kier molecular flexibility index (Phi) is 5.93. The molecule has 0 aliphatic heterocycles. The molecule has 100 valence electrons. The maximum atomic E-state index is 11.7. The smallest absolute Gasteiger partial charge is 0.274 e. The van der Waals surface area contributed by atoms with Gasteiger partial charge in [-0.2, -0.15) is 5.10 Å². The molecular weight excluding hydrogens is 232 g/mol. The number of amides is 1. The van der Waals surface area contributed by atoms with Crippen LogP contribution in [-0.2, 0) is 11.3 Å². The van der Waals surface area contributed by atoms with Crippen LogP contribution in [-0.4, -0.2) is 35.4 Å². The fourth-order valence-corrected chi connectivity index (χ4v) is 1.36. The molecule has 0 atom stereocenters. The van der Waals surface area contributed by atoms with Gasteiger partial charge in [0.25, 0.3) is 5.91 Å². The highest BCUT2D eigenvalue weighted by Crippen LogP contribution is 2.08. The molecule has 1 heterocycles. The molecule has 1 aromatic rings. The van der Waals surface area contributed by atoms with Crippen LogP contribution >= 0.6 is 0 Å². The lowest BCUT2D eigenvalue weighted by Gasteiger charge is -2.04. The van der Waals surface area contributed by atoms with Crippen molar-refractivity contribution in [3.8, 4) is 0 Å². The van der Waals surface area contributed by atoms with E-state index in [1.807, 2.05) is 6.92 Å². The van der Waals surface area contributed by atoms with E-state index < -0.39 is 0 Å². The molecule has 1 amide bonds. The SMILES string of the molecule is C=CCCOCCNC(=O)c1nn(CC)cc1N. The molecule has 6 heteroatoms. The van der Waals surface area contributed by atoms with Gasteiger partial charge in [0.05, 0.1) is 18.9 Å². The Morgan fingerprint density at radius 1 is 1.67 bits per heavy atom. The predicted molar refractivity (Wildman–Crippen MR) is 70.3 cm³/mol. The molecule has 0 saturated carbocycles. The van der Waals surface area contributed by atoms with Crippen LogP contribution in [0.15, 0.2) is 18.9 Å². The Hall–Kier alpha value is -1.82. The van der Waals surface area contributed by atoms with Crippen molar-refractivity contribution in [1.82, 2.24) is 15.1 Å². The number of aromatic nitrogens is 2. The minimum atomic E-state index is -0.271. The van der Waals surface area contributed by atoms with Gasteiger partial charge in [-0.05, 0) is 13.3 Å². The van der Waals surface area contributed by atoms with E-state index in [9.17, 15) is 4.79 Å². The fourth-order valence-electron chi connectivity index (χ4n) is 1.36. The number of hydrogen-bond acceptors (Lipinski definition) is 4. The minimum Gasteiger partial charge on any atom is -0.396 e. The Balaban J connectivity index is 2.31. The maximum Gasteiger partial charge on any atom is 0.274 e. The van der Waals surface area contributed by atoms with E-state index in [1.165, 1.54) is 0 Å². The molecule has 0 fully saturated rings. The molecule has 0 radical (unpaired) electrons. The van der Waals surface area contributed by atoms with Crippen LogP contribution in [0.25, 0.3) is 0 Å². The number of ether oxygens (including phenoxy) is 1. The molecule has 0 saturated heterocycles. The van der Waals surface area contributed by atoms with Gasteiger partial charge in [-0.15, -0.1) is 6.58 Å². The molecule has 6 nitrogen and oxygen atoms in total. The first-order chi connectivity index (χ1) is 8.69. The van der Waals surface area contributed by atoms with Crippen molar-refractivity contribution in [2.24, 2.45) is 0 Å². The molecular formula is C12H20N4O2. The van der Waals surface area contributed by atoms with E-state index in [-0.39, 0.29) is 11.6 Å². The van der Waals surface area contributed by atoms with Gasteiger partial charge in [0.1, 0.15) is 0 Å². The van der Waals surface area contributed by atoms with Crippen LogP contribution in [0.3, 0.4) is 0 Å². The lowest BCUT2D eigenvalue weighted by Crippen LogP contribution is -2.28. The van der Waals surface area contributed by atoms with Crippen molar-refractivity contribution in [1.29, 1.82) is 0 Å². The number of anilines is 1. The van der Waals surface area contributed by atoms with Gasteiger partial charge in [0, 0.05) is 19.3 Å². The molecule has 0 aliphatic carbocycles. The van der Waals surface area contributed by atoms with Crippen LogP contribution in [0.5, 0.6) is 0 Å². The van der Waals surface area contributed by atoms with E-state index in [4.69, 9.17) is 10.5 Å². The zero-order valence-corrected chi connectivity index (χ0v) is 10.7. The lowest BCUT2D eigenvalue weighted by molar-refractivity contribution is 0.0913. The maximum absolute atomic E-state index is 11.7. The van der Waals surface area contributed by atoms with Crippen LogP contribution in [0.4, 0.5) is 5.69 Å². The van der Waals surface area contributed by atoms with E-state index in [0.29, 0.717) is 32.0 Å². The second-order valence-electron chi connectivity index (χ2n) is 3.73. The van der Waals surface area contributed by atoms with Crippen molar-refractivity contribution in [3.63, 3.8) is 0 Å². The average Bonchev–Trinajstić information content (AvgIpc) is 2.75. The fraction of sp³-hybridized carbons (Fsp3) is 0.500. The minimum absolute atomic E-state index is 0.267. The third-order valence-corrected chi connectivity index (χ3v) is 2.33. The molecule has 0 bridgehead atoms. The van der Waals surface area contributed by atoms with E-state index in [2.05, 4.69) is 17.0 Å². The lowest BCUT2D eigenvalue weighted by atomic mass is 10.3. The summed E-state index contributed by atoms with van der Waals surface area (Å²) in [6, 6.07) is 0. The van der Waals surface area contributed by atoms with Crippen molar-refractivity contribution in [2.45, 2.75) is 19.9 Å². The monoisotopic (exact) mass is 252 g/mol. The van der Waals surface area contributed by atoms with Crippen molar-refractivity contribution >= 4 is 11.6 Å². The molecule has 0 aliphatic rings. The largest absolute Gasteiger partial charge is 0.396 e. The Morgan fingerprint density at radius 2 is 2.44 bits per heavy atom. The number of nitrogens with zero attached hydrogens (tertiary/aromatic N) is 2. The topological polar surface area (TPSA) is 82.2 Å². The first kappa shape index (κ1) is 14.2. The van der Waals surface area contributed by atoms with Crippen LogP contribution < -0.4 is 11.1 Å². The van der Waals surface area contributed by atoms with Gasteiger partial charge in [0.2, 0.25) is 0 Å². The third kappa shape index (κ3) is 4.21. The van der Waals surface area contributed by atoms with Crippen molar-refractivity contribution in [2.75, 3.05) is 25.5 Å². The summed E-state index contributed by atoms with van der Waals surface area (Å²) in [6.45, 7) is 7.73. The summed E-state index contributed by atoms with van der Waals surface area (Å²) in [6.07, 6.45) is 4.24. The number of hydrogen-bond donors (Lipinski definition) is 2. The van der Waals surface area contributed by atoms with E-state index >= 15 is 0 Å². The number of carbonyl (C=O) groups is 1. The Labute approximate surface area is 107 Å². The third-order valence-electron chi connectivity index (χ3n) is 2.33. The average molecular weight is 252 g/mol. The van der Waals surface area contributed by atoms with Crippen LogP contribution in [0.2, 0.25) is 0 Å². The number of carbonyl (C=O) groups excluding carboxylic acids is 1. The van der Waals surface area contributed by atoms with Gasteiger partial charge < -0.3 is 15.8 Å². The number of nitrogens with two attached hydrogens (primary N) is 1. The molecule has 18 heavy (non-hydrogen) atoms. The molecule has 0 spiro atoms. The second-order valence-corrected chi connectivity index (χ2v) is 3.73. The highest BCUT2D eigenvalue weighted by Gasteiger charge is 2.13. The summed E-state index contributed by atoms with van der Waals surface area (Å²) in [5.74, 6) is -0.271.